The van der Waals surface area contributed by atoms with Crippen LogP contribution < -0.4 is 0 Å². The molecule has 2 aromatic rings. The average Bonchev–Trinajstić information content (AvgIpc) is 3.47. The topological polar surface area (TPSA) is 94.6 Å². The van der Waals surface area contributed by atoms with Gasteiger partial charge in [0.05, 0.1) is 16.5 Å². The Morgan fingerprint density at radius 2 is 1.93 bits per heavy atom. The quantitative estimate of drug-likeness (QED) is 0.720. The molecule has 0 spiro atoms. The molecule has 4 rings (SSSR count). The Labute approximate surface area is 171 Å². The van der Waals surface area contributed by atoms with Crippen LogP contribution in [0.15, 0.2) is 45.7 Å². The molecule has 0 atom stereocenters. The molecule has 146 valence electrons. The summed E-state index contributed by atoms with van der Waals surface area (Å²) in [7, 11) is 0. The van der Waals surface area contributed by atoms with Gasteiger partial charge in [0.15, 0.2) is 0 Å². The van der Waals surface area contributed by atoms with Gasteiger partial charge < -0.3 is 9.32 Å². The van der Waals surface area contributed by atoms with Crippen LogP contribution in [0.3, 0.4) is 0 Å². The van der Waals surface area contributed by atoms with E-state index in [0.717, 1.165) is 29.5 Å². The second kappa shape index (κ2) is 7.97. The number of imide groups is 1. The van der Waals surface area contributed by atoms with Crippen LogP contribution in [0.25, 0.3) is 17.4 Å². The van der Waals surface area contributed by atoms with Gasteiger partial charge in [-0.05, 0) is 48.9 Å². The first kappa shape index (κ1) is 19.0. The van der Waals surface area contributed by atoms with E-state index in [1.807, 2.05) is 0 Å². The summed E-state index contributed by atoms with van der Waals surface area (Å²) in [6.07, 6.45) is 3.39. The molecule has 0 radical (unpaired) electrons. The van der Waals surface area contributed by atoms with E-state index in [2.05, 4.69) is 6.07 Å². The molecule has 1 aromatic carbocycles. The minimum atomic E-state index is -0.497. The Morgan fingerprint density at radius 3 is 2.69 bits per heavy atom. The first-order valence-corrected chi connectivity index (χ1v) is 10.0. The predicted molar refractivity (Wildman–Crippen MR) is 107 cm³/mol. The van der Waals surface area contributed by atoms with Crippen molar-refractivity contribution < 1.29 is 18.8 Å². The van der Waals surface area contributed by atoms with Gasteiger partial charge in [-0.25, -0.2) is 0 Å². The Kier molecular flexibility index (Phi) is 5.23. The number of hydrogen-bond donors (Lipinski definition) is 0. The number of furan rings is 1. The van der Waals surface area contributed by atoms with Gasteiger partial charge in [0.1, 0.15) is 18.1 Å². The minimum absolute atomic E-state index is 0.207. The van der Waals surface area contributed by atoms with E-state index < -0.39 is 11.1 Å². The van der Waals surface area contributed by atoms with Crippen molar-refractivity contribution in [1.82, 2.24) is 9.80 Å². The van der Waals surface area contributed by atoms with Gasteiger partial charge in [-0.2, -0.15) is 5.26 Å². The van der Waals surface area contributed by atoms with E-state index in [0.29, 0.717) is 35.7 Å². The van der Waals surface area contributed by atoms with E-state index in [1.165, 1.54) is 6.08 Å². The van der Waals surface area contributed by atoms with Crippen LogP contribution in [-0.4, -0.2) is 46.5 Å². The van der Waals surface area contributed by atoms with Gasteiger partial charge in [-0.1, -0.05) is 12.1 Å². The molecule has 1 aromatic heterocycles. The number of amides is 3. The fourth-order valence-electron chi connectivity index (χ4n) is 3.34. The molecule has 0 aliphatic carbocycles. The van der Waals surface area contributed by atoms with Crippen molar-refractivity contribution in [3.05, 3.63) is 52.6 Å². The van der Waals surface area contributed by atoms with Crippen LogP contribution in [0.5, 0.6) is 0 Å². The fraction of sp³-hybridized carbons (Fsp3) is 0.238. The molecule has 3 amide bonds. The van der Waals surface area contributed by atoms with Crippen molar-refractivity contribution in [3.63, 3.8) is 0 Å². The molecule has 2 saturated heterocycles. The number of rotatable bonds is 4. The lowest BCUT2D eigenvalue weighted by Crippen LogP contribution is -2.40. The lowest BCUT2D eigenvalue weighted by molar-refractivity contribution is -0.135. The minimum Gasteiger partial charge on any atom is -0.457 e. The SMILES string of the molecule is N#Cc1ccccc1-c1ccc(/C=C2/SC(=O)N(CC(=O)N3CCCC3)C2=O)o1. The number of carbonyl (C=O) groups is 3. The molecule has 2 fully saturated rings. The summed E-state index contributed by atoms with van der Waals surface area (Å²) in [6, 6.07) is 12.5. The molecular weight excluding hydrogens is 390 g/mol. The van der Waals surface area contributed by atoms with E-state index in [1.54, 1.807) is 41.3 Å². The smallest absolute Gasteiger partial charge is 0.294 e. The maximum atomic E-state index is 12.6. The van der Waals surface area contributed by atoms with Gasteiger partial charge in [-0.15, -0.1) is 0 Å². The van der Waals surface area contributed by atoms with E-state index in [-0.39, 0.29) is 17.4 Å². The van der Waals surface area contributed by atoms with Gasteiger partial charge in [0, 0.05) is 24.7 Å². The number of carbonyl (C=O) groups excluding carboxylic acids is 3. The zero-order valence-corrected chi connectivity index (χ0v) is 16.3. The number of hydrogen-bond acceptors (Lipinski definition) is 6. The van der Waals surface area contributed by atoms with E-state index in [9.17, 15) is 19.6 Å². The summed E-state index contributed by atoms with van der Waals surface area (Å²) in [5, 5.41) is 8.77. The van der Waals surface area contributed by atoms with E-state index in [4.69, 9.17) is 4.42 Å². The van der Waals surface area contributed by atoms with Crippen molar-refractivity contribution in [1.29, 1.82) is 5.26 Å². The van der Waals surface area contributed by atoms with Crippen LogP contribution in [0.1, 0.15) is 24.2 Å². The summed E-state index contributed by atoms with van der Waals surface area (Å²) < 4.78 is 5.76. The van der Waals surface area contributed by atoms with Crippen LogP contribution in [0.2, 0.25) is 0 Å². The first-order valence-electron chi connectivity index (χ1n) is 9.19. The van der Waals surface area contributed by atoms with Crippen LogP contribution >= 0.6 is 11.8 Å². The van der Waals surface area contributed by atoms with Crippen molar-refractivity contribution in [2.75, 3.05) is 19.6 Å². The van der Waals surface area contributed by atoms with Crippen molar-refractivity contribution >= 4 is 34.9 Å². The maximum Gasteiger partial charge on any atom is 0.294 e. The highest BCUT2D eigenvalue weighted by Crippen LogP contribution is 2.33. The molecule has 2 aliphatic rings. The second-order valence-corrected chi connectivity index (χ2v) is 7.71. The van der Waals surface area contributed by atoms with Gasteiger partial charge in [-0.3, -0.25) is 19.3 Å². The third kappa shape index (κ3) is 3.82. The molecular formula is C21H17N3O4S. The number of likely N-dealkylation sites (tertiary alicyclic amines) is 1. The summed E-state index contributed by atoms with van der Waals surface area (Å²) in [5.41, 5.74) is 1.13. The molecule has 3 heterocycles. The third-order valence-corrected chi connectivity index (χ3v) is 5.75. The van der Waals surface area contributed by atoms with Crippen molar-refractivity contribution in [2.45, 2.75) is 12.8 Å². The predicted octanol–water partition coefficient (Wildman–Crippen LogP) is 3.48. The lowest BCUT2D eigenvalue weighted by atomic mass is 10.1. The number of benzene rings is 1. The van der Waals surface area contributed by atoms with Crippen LogP contribution in [0, 0.1) is 11.3 Å². The van der Waals surface area contributed by atoms with Gasteiger partial charge in [0.2, 0.25) is 5.91 Å². The Morgan fingerprint density at radius 1 is 1.17 bits per heavy atom. The lowest BCUT2D eigenvalue weighted by Gasteiger charge is -2.18. The highest BCUT2D eigenvalue weighted by molar-refractivity contribution is 8.18. The summed E-state index contributed by atoms with van der Waals surface area (Å²) in [5.74, 6) is 0.184. The van der Waals surface area contributed by atoms with Crippen molar-refractivity contribution in [3.8, 4) is 17.4 Å². The van der Waals surface area contributed by atoms with E-state index >= 15 is 0 Å². The Balaban J connectivity index is 1.51. The summed E-state index contributed by atoms with van der Waals surface area (Å²) in [6.45, 7) is 1.11. The Hall–Kier alpha value is -3.31. The highest BCUT2D eigenvalue weighted by atomic mass is 32.2. The molecule has 0 saturated carbocycles. The number of nitrogens with zero attached hydrogens (tertiary/aromatic N) is 3. The monoisotopic (exact) mass is 407 g/mol. The normalized spacial score (nSPS) is 18.0. The summed E-state index contributed by atoms with van der Waals surface area (Å²) in [4.78, 5) is 40.0. The molecule has 0 unspecified atom stereocenters. The number of nitriles is 1. The molecule has 2 aliphatic heterocycles. The molecule has 29 heavy (non-hydrogen) atoms. The van der Waals surface area contributed by atoms with Crippen LogP contribution in [-0.2, 0) is 9.59 Å². The zero-order chi connectivity index (χ0) is 20.4. The number of thioether (sulfide) groups is 1. The standard InChI is InChI=1S/C21H17N3O4S/c22-12-14-5-1-2-6-16(14)17-8-7-15(28-17)11-18-20(26)24(21(27)29-18)13-19(25)23-9-3-4-10-23/h1-2,5-8,11H,3-4,9-10,13H2/b18-11+. The van der Waals surface area contributed by atoms with Gasteiger partial charge >= 0.3 is 0 Å². The summed E-state index contributed by atoms with van der Waals surface area (Å²) >= 11 is 0.789. The maximum absolute atomic E-state index is 12.6. The highest BCUT2D eigenvalue weighted by Gasteiger charge is 2.37. The first-order chi connectivity index (χ1) is 14.1. The van der Waals surface area contributed by atoms with Crippen LogP contribution in [0.4, 0.5) is 4.79 Å². The average molecular weight is 407 g/mol. The zero-order valence-electron chi connectivity index (χ0n) is 15.5. The fourth-order valence-corrected chi connectivity index (χ4v) is 4.16. The Bertz CT molecular complexity index is 1060. The molecule has 0 bridgehead atoms. The molecule has 7 nitrogen and oxygen atoms in total. The van der Waals surface area contributed by atoms with Crippen molar-refractivity contribution in [2.24, 2.45) is 0 Å². The third-order valence-electron chi connectivity index (χ3n) is 4.84. The molecule has 8 heteroatoms. The largest absolute Gasteiger partial charge is 0.457 e. The van der Waals surface area contributed by atoms with Gasteiger partial charge in [0.25, 0.3) is 11.1 Å². The molecule has 0 N–H and O–H groups in total. The second-order valence-electron chi connectivity index (χ2n) is 6.72.